The minimum Gasteiger partial charge on any atom is -0.362 e. The lowest BCUT2D eigenvalue weighted by Crippen LogP contribution is -2.12. The van der Waals surface area contributed by atoms with Gasteiger partial charge in [-0.15, -0.1) is 0 Å². The molecule has 0 fully saturated rings. The normalized spacial score (nSPS) is 12.4. The molecule has 1 atom stereocenters. The molecule has 0 saturated heterocycles. The van der Waals surface area contributed by atoms with Crippen LogP contribution in [0.15, 0.2) is 52.3 Å². The standard InChI is InChI=1S/C16H19NOS/c1-11-8-9-14(12(2)10-11)19-15-7-5-4-6-13(15)16(17)18-3/h4-10,16H,17H2,1-3H3. The van der Waals surface area contributed by atoms with Crippen LogP contribution in [0.2, 0.25) is 0 Å². The minimum atomic E-state index is -0.380. The molecule has 0 heterocycles. The second kappa shape index (κ2) is 6.24. The van der Waals surface area contributed by atoms with E-state index in [1.54, 1.807) is 18.9 Å². The van der Waals surface area contributed by atoms with Crippen molar-refractivity contribution in [3.63, 3.8) is 0 Å². The third-order valence-electron chi connectivity index (χ3n) is 3.03. The molecular weight excluding hydrogens is 254 g/mol. The second-order valence-corrected chi connectivity index (χ2v) is 5.65. The lowest BCUT2D eigenvalue weighted by molar-refractivity contribution is 0.107. The Morgan fingerprint density at radius 3 is 2.47 bits per heavy atom. The average molecular weight is 273 g/mol. The molecule has 0 aromatic heterocycles. The Bertz CT molecular complexity index is 568. The third kappa shape index (κ3) is 3.38. The fraction of sp³-hybridized carbons (Fsp3) is 0.250. The van der Waals surface area contributed by atoms with E-state index in [1.165, 1.54) is 16.0 Å². The van der Waals surface area contributed by atoms with E-state index >= 15 is 0 Å². The highest BCUT2D eigenvalue weighted by Gasteiger charge is 2.11. The van der Waals surface area contributed by atoms with E-state index in [0.717, 1.165) is 10.5 Å². The number of hydrogen-bond acceptors (Lipinski definition) is 3. The number of nitrogens with two attached hydrogens (primary N) is 1. The van der Waals surface area contributed by atoms with Crippen LogP contribution in [0.3, 0.4) is 0 Å². The SMILES string of the molecule is COC(N)c1ccccc1Sc1ccc(C)cc1C. The van der Waals surface area contributed by atoms with Gasteiger partial charge in [-0.05, 0) is 31.5 Å². The van der Waals surface area contributed by atoms with Gasteiger partial charge in [-0.25, -0.2) is 0 Å². The van der Waals surface area contributed by atoms with Gasteiger partial charge in [0.1, 0.15) is 6.23 Å². The Kier molecular flexibility index (Phi) is 4.64. The first-order chi connectivity index (χ1) is 9.11. The van der Waals surface area contributed by atoms with Gasteiger partial charge in [0.2, 0.25) is 0 Å². The van der Waals surface area contributed by atoms with E-state index in [0.29, 0.717) is 0 Å². The van der Waals surface area contributed by atoms with Crippen molar-refractivity contribution in [2.24, 2.45) is 5.73 Å². The topological polar surface area (TPSA) is 35.2 Å². The smallest absolute Gasteiger partial charge is 0.132 e. The first kappa shape index (κ1) is 14.1. The van der Waals surface area contributed by atoms with Crippen molar-refractivity contribution in [2.75, 3.05) is 7.11 Å². The van der Waals surface area contributed by atoms with Gasteiger partial charge in [-0.3, -0.25) is 0 Å². The van der Waals surface area contributed by atoms with Crippen molar-refractivity contribution in [1.29, 1.82) is 0 Å². The van der Waals surface area contributed by atoms with E-state index in [4.69, 9.17) is 10.5 Å². The lowest BCUT2D eigenvalue weighted by Gasteiger charge is -2.15. The Morgan fingerprint density at radius 1 is 1.05 bits per heavy atom. The Labute approximate surface area is 119 Å². The van der Waals surface area contributed by atoms with Gasteiger partial charge in [-0.2, -0.15) is 0 Å². The van der Waals surface area contributed by atoms with Crippen molar-refractivity contribution < 1.29 is 4.74 Å². The monoisotopic (exact) mass is 273 g/mol. The summed E-state index contributed by atoms with van der Waals surface area (Å²) in [4.78, 5) is 2.39. The van der Waals surface area contributed by atoms with Crippen LogP contribution in [0.4, 0.5) is 0 Å². The van der Waals surface area contributed by atoms with Crippen LogP contribution in [-0.2, 0) is 4.74 Å². The van der Waals surface area contributed by atoms with E-state index in [-0.39, 0.29) is 6.23 Å². The molecule has 2 nitrogen and oxygen atoms in total. The summed E-state index contributed by atoms with van der Waals surface area (Å²) in [7, 11) is 1.63. The Morgan fingerprint density at radius 2 is 1.79 bits per heavy atom. The fourth-order valence-corrected chi connectivity index (χ4v) is 3.01. The van der Waals surface area contributed by atoms with Crippen molar-refractivity contribution in [3.8, 4) is 0 Å². The molecule has 100 valence electrons. The van der Waals surface area contributed by atoms with Gasteiger partial charge in [0.25, 0.3) is 0 Å². The average Bonchev–Trinajstić information content (AvgIpc) is 2.41. The molecule has 0 radical (unpaired) electrons. The number of methoxy groups -OCH3 is 1. The molecule has 2 aromatic carbocycles. The molecule has 2 N–H and O–H groups in total. The van der Waals surface area contributed by atoms with E-state index in [2.05, 4.69) is 38.1 Å². The first-order valence-corrected chi connectivity index (χ1v) is 7.06. The predicted molar refractivity (Wildman–Crippen MR) is 80.4 cm³/mol. The summed E-state index contributed by atoms with van der Waals surface area (Å²) in [6.45, 7) is 4.24. The summed E-state index contributed by atoms with van der Waals surface area (Å²) in [5.41, 5.74) is 9.56. The van der Waals surface area contributed by atoms with Crippen LogP contribution < -0.4 is 5.73 Å². The zero-order valence-electron chi connectivity index (χ0n) is 11.5. The number of hydrogen-bond donors (Lipinski definition) is 1. The summed E-state index contributed by atoms with van der Waals surface area (Å²) >= 11 is 1.73. The number of aryl methyl sites for hydroxylation is 2. The summed E-state index contributed by atoms with van der Waals surface area (Å²) in [6, 6.07) is 14.6. The van der Waals surface area contributed by atoms with Gasteiger partial charge < -0.3 is 10.5 Å². The molecule has 3 heteroatoms. The van der Waals surface area contributed by atoms with E-state index in [1.807, 2.05) is 18.2 Å². The number of benzene rings is 2. The van der Waals surface area contributed by atoms with Crippen LogP contribution in [0.25, 0.3) is 0 Å². The van der Waals surface area contributed by atoms with Crippen LogP contribution in [0.5, 0.6) is 0 Å². The Hall–Kier alpha value is -1.29. The van der Waals surface area contributed by atoms with Crippen LogP contribution in [-0.4, -0.2) is 7.11 Å². The maximum atomic E-state index is 5.98. The molecule has 0 bridgehead atoms. The van der Waals surface area contributed by atoms with Crippen LogP contribution >= 0.6 is 11.8 Å². The molecule has 2 aromatic rings. The third-order valence-corrected chi connectivity index (χ3v) is 4.30. The van der Waals surface area contributed by atoms with Crippen LogP contribution in [0, 0.1) is 13.8 Å². The van der Waals surface area contributed by atoms with Gasteiger partial charge in [0.15, 0.2) is 0 Å². The van der Waals surface area contributed by atoms with E-state index in [9.17, 15) is 0 Å². The Balaban J connectivity index is 2.33. The van der Waals surface area contributed by atoms with E-state index < -0.39 is 0 Å². The molecular formula is C16H19NOS. The van der Waals surface area contributed by atoms with Crippen molar-refractivity contribution >= 4 is 11.8 Å². The van der Waals surface area contributed by atoms with Gasteiger partial charge in [0.05, 0.1) is 0 Å². The predicted octanol–water partition coefficient (Wildman–Crippen LogP) is 4.06. The highest BCUT2D eigenvalue weighted by atomic mass is 32.2. The molecule has 0 amide bonds. The molecule has 1 unspecified atom stereocenters. The number of ether oxygens (including phenoxy) is 1. The second-order valence-electron chi connectivity index (χ2n) is 4.57. The summed E-state index contributed by atoms with van der Waals surface area (Å²) in [5.74, 6) is 0. The molecule has 0 aliphatic heterocycles. The van der Waals surface area contributed by atoms with Crippen molar-refractivity contribution in [1.82, 2.24) is 0 Å². The molecule has 0 aliphatic carbocycles. The number of rotatable bonds is 4. The van der Waals surface area contributed by atoms with Gasteiger partial charge in [-0.1, -0.05) is 47.7 Å². The summed E-state index contributed by atoms with van der Waals surface area (Å²) in [5, 5.41) is 0. The molecule has 0 saturated carbocycles. The molecule has 2 rings (SSSR count). The fourth-order valence-electron chi connectivity index (χ4n) is 1.97. The maximum absolute atomic E-state index is 5.98. The van der Waals surface area contributed by atoms with Gasteiger partial charge >= 0.3 is 0 Å². The molecule has 19 heavy (non-hydrogen) atoms. The zero-order valence-corrected chi connectivity index (χ0v) is 12.3. The quantitative estimate of drug-likeness (QED) is 0.853. The minimum absolute atomic E-state index is 0.380. The highest BCUT2D eigenvalue weighted by Crippen LogP contribution is 2.34. The van der Waals surface area contributed by atoms with Gasteiger partial charge in [0, 0.05) is 22.5 Å². The van der Waals surface area contributed by atoms with Crippen molar-refractivity contribution in [3.05, 3.63) is 59.2 Å². The molecule has 0 spiro atoms. The summed E-state index contributed by atoms with van der Waals surface area (Å²) in [6.07, 6.45) is -0.380. The largest absolute Gasteiger partial charge is 0.362 e. The highest BCUT2D eigenvalue weighted by molar-refractivity contribution is 7.99. The van der Waals surface area contributed by atoms with Crippen molar-refractivity contribution in [2.45, 2.75) is 29.9 Å². The summed E-state index contributed by atoms with van der Waals surface area (Å²) < 4.78 is 5.23. The maximum Gasteiger partial charge on any atom is 0.132 e. The van der Waals surface area contributed by atoms with Crippen LogP contribution in [0.1, 0.15) is 22.9 Å². The zero-order chi connectivity index (χ0) is 13.8. The first-order valence-electron chi connectivity index (χ1n) is 6.24. The molecule has 0 aliphatic rings. The lowest BCUT2D eigenvalue weighted by atomic mass is 10.2.